The second kappa shape index (κ2) is 11.9. The molecule has 0 unspecified atom stereocenters. The summed E-state index contributed by atoms with van der Waals surface area (Å²) in [4.78, 5) is 35.1. The molecule has 3 aromatic carbocycles. The Kier molecular flexibility index (Phi) is 8.40. The number of nitriles is 1. The van der Waals surface area contributed by atoms with Crippen molar-refractivity contribution >= 4 is 29.6 Å². The van der Waals surface area contributed by atoms with Crippen LogP contribution in [0.2, 0.25) is 0 Å². The maximum absolute atomic E-state index is 12.6. The van der Waals surface area contributed by atoms with Crippen LogP contribution in [0.15, 0.2) is 72.3 Å². The predicted molar refractivity (Wildman–Crippen MR) is 131 cm³/mol. The van der Waals surface area contributed by atoms with E-state index in [1.165, 1.54) is 56.7 Å². The van der Waals surface area contributed by atoms with Gasteiger partial charge in [-0.2, -0.15) is 5.26 Å². The van der Waals surface area contributed by atoms with Gasteiger partial charge in [0.2, 0.25) is 0 Å². The Morgan fingerprint density at radius 3 is 2.19 bits per heavy atom. The van der Waals surface area contributed by atoms with Gasteiger partial charge >= 0.3 is 11.9 Å². The zero-order valence-electron chi connectivity index (χ0n) is 19.5. The molecule has 9 nitrogen and oxygen atoms in total. The van der Waals surface area contributed by atoms with Gasteiger partial charge in [0.1, 0.15) is 18.2 Å². The standard InChI is InChI=1S/C27H22N2O7/c1-34-24-14-18(5-12-23(24)36-16-17-3-6-19(7-4-17)26(31)32)13-21(15-28)25(30)29-22-10-8-20(9-11-22)27(33)35-2/h3-14H,16H2,1-2H3,(H,29,30)(H,31,32)/b21-13+. The van der Waals surface area contributed by atoms with Crippen LogP contribution in [0.5, 0.6) is 11.5 Å². The van der Waals surface area contributed by atoms with E-state index in [1.807, 2.05) is 6.07 Å². The smallest absolute Gasteiger partial charge is 0.337 e. The van der Waals surface area contributed by atoms with E-state index < -0.39 is 17.8 Å². The van der Waals surface area contributed by atoms with E-state index in [2.05, 4.69) is 10.1 Å². The summed E-state index contributed by atoms with van der Waals surface area (Å²) >= 11 is 0. The number of aromatic carboxylic acids is 1. The first-order valence-corrected chi connectivity index (χ1v) is 10.6. The quantitative estimate of drug-likeness (QED) is 0.260. The van der Waals surface area contributed by atoms with Crippen LogP contribution in [0.1, 0.15) is 31.8 Å². The molecule has 0 atom stereocenters. The van der Waals surface area contributed by atoms with E-state index in [4.69, 9.17) is 14.6 Å². The Hall–Kier alpha value is -5.10. The van der Waals surface area contributed by atoms with Gasteiger partial charge in [0.05, 0.1) is 25.3 Å². The van der Waals surface area contributed by atoms with Gasteiger partial charge in [-0.1, -0.05) is 18.2 Å². The zero-order chi connectivity index (χ0) is 26.1. The number of rotatable bonds is 9. The molecule has 2 N–H and O–H groups in total. The minimum absolute atomic E-state index is 0.138. The van der Waals surface area contributed by atoms with Crippen LogP contribution in [0.3, 0.4) is 0 Å². The first-order valence-electron chi connectivity index (χ1n) is 10.6. The number of hydrogen-bond acceptors (Lipinski definition) is 7. The molecule has 0 aliphatic rings. The second-order valence-electron chi connectivity index (χ2n) is 7.39. The van der Waals surface area contributed by atoms with Crippen molar-refractivity contribution in [3.05, 3.63) is 94.6 Å². The lowest BCUT2D eigenvalue weighted by atomic mass is 10.1. The normalized spacial score (nSPS) is 10.6. The Bertz CT molecular complexity index is 1340. The van der Waals surface area contributed by atoms with Crippen molar-refractivity contribution in [2.24, 2.45) is 0 Å². The van der Waals surface area contributed by atoms with Crippen molar-refractivity contribution in [3.8, 4) is 17.6 Å². The van der Waals surface area contributed by atoms with Crippen LogP contribution in [0, 0.1) is 11.3 Å². The molecule has 0 saturated heterocycles. The third-order valence-electron chi connectivity index (χ3n) is 5.02. The highest BCUT2D eigenvalue weighted by molar-refractivity contribution is 6.09. The number of methoxy groups -OCH3 is 2. The minimum atomic E-state index is -1.00. The molecular formula is C27H22N2O7. The monoisotopic (exact) mass is 486 g/mol. The van der Waals surface area contributed by atoms with Crippen LogP contribution >= 0.6 is 0 Å². The number of carbonyl (C=O) groups excluding carboxylic acids is 2. The minimum Gasteiger partial charge on any atom is -0.493 e. The van der Waals surface area contributed by atoms with Crippen LogP contribution in [0.25, 0.3) is 6.08 Å². The van der Waals surface area contributed by atoms with Crippen molar-refractivity contribution in [1.82, 2.24) is 0 Å². The summed E-state index contributed by atoms with van der Waals surface area (Å²) in [5.74, 6) is -1.29. The lowest BCUT2D eigenvalue weighted by molar-refractivity contribution is -0.112. The average molecular weight is 486 g/mol. The first kappa shape index (κ1) is 25.5. The van der Waals surface area contributed by atoms with Crippen LogP contribution < -0.4 is 14.8 Å². The topological polar surface area (TPSA) is 135 Å². The van der Waals surface area contributed by atoms with Gasteiger partial charge < -0.3 is 24.6 Å². The maximum Gasteiger partial charge on any atom is 0.337 e. The van der Waals surface area contributed by atoms with E-state index in [9.17, 15) is 19.6 Å². The molecule has 0 aromatic heterocycles. The number of carboxylic acid groups (broad SMARTS) is 1. The highest BCUT2D eigenvalue weighted by atomic mass is 16.5. The summed E-state index contributed by atoms with van der Waals surface area (Å²) in [5, 5.41) is 21.1. The van der Waals surface area contributed by atoms with Crippen LogP contribution in [0.4, 0.5) is 5.69 Å². The number of amides is 1. The number of esters is 1. The van der Waals surface area contributed by atoms with Gasteiger partial charge in [-0.3, -0.25) is 4.79 Å². The number of ether oxygens (including phenoxy) is 3. The predicted octanol–water partition coefficient (Wildman–Crippen LogP) is 4.30. The van der Waals surface area contributed by atoms with Gasteiger partial charge in [-0.25, -0.2) is 9.59 Å². The Morgan fingerprint density at radius 2 is 1.61 bits per heavy atom. The number of benzene rings is 3. The number of carbonyl (C=O) groups is 3. The van der Waals surface area contributed by atoms with Gasteiger partial charge in [0, 0.05) is 5.69 Å². The summed E-state index contributed by atoms with van der Waals surface area (Å²) in [5.41, 5.74) is 2.10. The average Bonchev–Trinajstić information content (AvgIpc) is 2.90. The fraction of sp³-hybridized carbons (Fsp3) is 0.111. The maximum atomic E-state index is 12.6. The summed E-state index contributed by atoms with van der Waals surface area (Å²) in [6, 6.07) is 19.2. The van der Waals surface area contributed by atoms with E-state index in [0.717, 1.165) is 5.56 Å². The van der Waals surface area contributed by atoms with Gasteiger partial charge in [0.25, 0.3) is 5.91 Å². The molecule has 0 spiro atoms. The summed E-state index contributed by atoms with van der Waals surface area (Å²) in [6.07, 6.45) is 1.41. The molecule has 0 heterocycles. The first-order chi connectivity index (χ1) is 17.3. The summed E-state index contributed by atoms with van der Waals surface area (Å²) < 4.78 is 15.8. The molecule has 3 rings (SSSR count). The van der Waals surface area contributed by atoms with E-state index in [0.29, 0.717) is 28.3 Å². The molecule has 0 radical (unpaired) electrons. The molecule has 3 aromatic rings. The SMILES string of the molecule is COC(=O)c1ccc(NC(=O)/C(C#N)=C/c2ccc(OCc3ccc(C(=O)O)cc3)c(OC)c2)cc1. The molecular weight excluding hydrogens is 464 g/mol. The zero-order valence-corrected chi connectivity index (χ0v) is 19.5. The molecule has 0 bridgehead atoms. The van der Waals surface area contributed by atoms with Crippen molar-refractivity contribution < 1.29 is 33.7 Å². The number of hydrogen-bond donors (Lipinski definition) is 2. The fourth-order valence-corrected chi connectivity index (χ4v) is 3.12. The van der Waals surface area contributed by atoms with Gasteiger partial charge in [-0.15, -0.1) is 0 Å². The van der Waals surface area contributed by atoms with Gasteiger partial charge in [0.15, 0.2) is 11.5 Å². The second-order valence-corrected chi connectivity index (χ2v) is 7.39. The molecule has 1 amide bonds. The number of carboxylic acids is 1. The highest BCUT2D eigenvalue weighted by Crippen LogP contribution is 2.30. The van der Waals surface area contributed by atoms with Crippen LogP contribution in [-0.4, -0.2) is 37.2 Å². The Labute approximate surface area is 207 Å². The fourth-order valence-electron chi connectivity index (χ4n) is 3.12. The molecule has 0 aliphatic heterocycles. The highest BCUT2D eigenvalue weighted by Gasteiger charge is 2.13. The lowest BCUT2D eigenvalue weighted by Crippen LogP contribution is -2.13. The number of nitrogens with zero attached hydrogens (tertiary/aromatic N) is 1. The third kappa shape index (κ3) is 6.48. The molecule has 0 fully saturated rings. The van der Waals surface area contributed by atoms with Gasteiger partial charge in [-0.05, 0) is 65.7 Å². The number of anilines is 1. The largest absolute Gasteiger partial charge is 0.493 e. The Morgan fingerprint density at radius 1 is 0.944 bits per heavy atom. The Balaban J connectivity index is 1.70. The van der Waals surface area contributed by atoms with E-state index >= 15 is 0 Å². The van der Waals surface area contributed by atoms with Crippen molar-refractivity contribution in [2.45, 2.75) is 6.61 Å². The molecule has 0 saturated carbocycles. The van der Waals surface area contributed by atoms with Crippen LogP contribution in [-0.2, 0) is 16.1 Å². The van der Waals surface area contributed by atoms with E-state index in [-0.39, 0.29) is 17.7 Å². The molecule has 0 aliphatic carbocycles. The molecule has 182 valence electrons. The van der Waals surface area contributed by atoms with Crippen molar-refractivity contribution in [3.63, 3.8) is 0 Å². The number of nitrogens with one attached hydrogen (secondary N) is 1. The van der Waals surface area contributed by atoms with Crippen molar-refractivity contribution in [1.29, 1.82) is 5.26 Å². The van der Waals surface area contributed by atoms with E-state index in [1.54, 1.807) is 30.3 Å². The molecule has 36 heavy (non-hydrogen) atoms. The molecule has 9 heteroatoms. The summed E-state index contributed by atoms with van der Waals surface area (Å²) in [7, 11) is 2.74. The van der Waals surface area contributed by atoms with Crippen molar-refractivity contribution in [2.75, 3.05) is 19.5 Å². The summed E-state index contributed by atoms with van der Waals surface area (Å²) in [6.45, 7) is 0.187. The third-order valence-corrected chi connectivity index (χ3v) is 5.02. The lowest BCUT2D eigenvalue weighted by Gasteiger charge is -2.12.